The quantitative estimate of drug-likeness (QED) is 0.293. The van der Waals surface area contributed by atoms with Gasteiger partial charge in [-0.2, -0.15) is 8.42 Å². The molecule has 0 aliphatic heterocycles. The first-order chi connectivity index (χ1) is 13.8. The molecule has 0 atom stereocenters. The molecule has 0 unspecified atom stereocenters. The third-order valence-electron chi connectivity index (χ3n) is 4.58. The Morgan fingerprint density at radius 1 is 1.07 bits per heavy atom. The summed E-state index contributed by atoms with van der Waals surface area (Å²) in [7, 11) is -2.38. The van der Waals surface area contributed by atoms with Crippen LogP contribution in [0.15, 0.2) is 59.2 Å². The van der Waals surface area contributed by atoms with E-state index in [9.17, 15) is 8.42 Å². The van der Waals surface area contributed by atoms with Crippen LogP contribution in [0.2, 0.25) is 0 Å². The fourth-order valence-corrected chi connectivity index (χ4v) is 3.87. The number of ether oxygens (including phenoxy) is 1. The zero-order valence-corrected chi connectivity index (χ0v) is 16.5. The van der Waals surface area contributed by atoms with Crippen molar-refractivity contribution in [1.82, 2.24) is 0 Å². The SMILES string of the molecule is COc1ccc2ccc(C(=N)N)c(OS(C)(=O)=O)c2c1-c1occ2ccccc12. The minimum atomic E-state index is -3.90. The zero-order chi connectivity index (χ0) is 20.8. The number of rotatable bonds is 5. The van der Waals surface area contributed by atoms with E-state index in [-0.39, 0.29) is 17.1 Å². The van der Waals surface area contributed by atoms with Crippen LogP contribution >= 0.6 is 0 Å². The molecule has 0 fully saturated rings. The number of hydrogen-bond donors (Lipinski definition) is 2. The summed E-state index contributed by atoms with van der Waals surface area (Å²) in [6.07, 6.45) is 2.56. The molecule has 0 aliphatic carbocycles. The predicted octanol–water partition coefficient (Wildman–Crippen LogP) is 3.88. The minimum Gasteiger partial charge on any atom is -0.496 e. The summed E-state index contributed by atoms with van der Waals surface area (Å²) in [4.78, 5) is 0. The average molecular weight is 410 g/mol. The fraction of sp³-hybridized carbons (Fsp3) is 0.0952. The summed E-state index contributed by atoms with van der Waals surface area (Å²) < 4.78 is 40.7. The van der Waals surface area contributed by atoms with E-state index >= 15 is 0 Å². The summed E-state index contributed by atoms with van der Waals surface area (Å²) >= 11 is 0. The predicted molar refractivity (Wildman–Crippen MR) is 112 cm³/mol. The summed E-state index contributed by atoms with van der Waals surface area (Å²) in [5.41, 5.74) is 6.39. The highest BCUT2D eigenvalue weighted by atomic mass is 32.2. The second kappa shape index (κ2) is 6.82. The van der Waals surface area contributed by atoms with Gasteiger partial charge in [0, 0.05) is 16.2 Å². The summed E-state index contributed by atoms with van der Waals surface area (Å²) in [5, 5.41) is 10.7. The lowest BCUT2D eigenvalue weighted by molar-refractivity contribution is 0.415. The van der Waals surface area contributed by atoms with E-state index in [2.05, 4.69) is 0 Å². The number of benzene rings is 3. The van der Waals surface area contributed by atoms with Crippen LogP contribution in [0.5, 0.6) is 11.5 Å². The van der Waals surface area contributed by atoms with Crippen LogP contribution in [-0.4, -0.2) is 27.6 Å². The molecule has 0 saturated carbocycles. The molecule has 0 bridgehead atoms. The molecule has 0 aliphatic rings. The molecule has 0 saturated heterocycles. The Morgan fingerprint density at radius 3 is 2.48 bits per heavy atom. The van der Waals surface area contributed by atoms with Gasteiger partial charge >= 0.3 is 10.1 Å². The smallest absolute Gasteiger partial charge is 0.306 e. The van der Waals surface area contributed by atoms with E-state index in [0.717, 1.165) is 17.0 Å². The van der Waals surface area contributed by atoms with Gasteiger partial charge in [0.2, 0.25) is 0 Å². The lowest BCUT2D eigenvalue weighted by atomic mass is 9.96. The standard InChI is InChI=1S/C21H18N2O5S/c1-26-16-10-8-12-7-9-15(21(22)23)20(28-29(2,24)25)17(12)18(16)19-14-6-4-3-5-13(14)11-27-19/h3-11H,1-2H3,(H3,22,23). The van der Waals surface area contributed by atoms with Crippen LogP contribution in [0.25, 0.3) is 32.9 Å². The van der Waals surface area contributed by atoms with Gasteiger partial charge in [0.05, 0.1) is 30.8 Å². The molecule has 0 radical (unpaired) electrons. The van der Waals surface area contributed by atoms with Gasteiger partial charge in [-0.1, -0.05) is 36.4 Å². The third-order valence-corrected chi connectivity index (χ3v) is 5.05. The van der Waals surface area contributed by atoms with E-state index in [1.807, 2.05) is 24.3 Å². The second-order valence-electron chi connectivity index (χ2n) is 6.54. The Morgan fingerprint density at radius 2 is 1.79 bits per heavy atom. The number of methoxy groups -OCH3 is 1. The number of nitrogen functional groups attached to an aromatic ring is 1. The van der Waals surface area contributed by atoms with Crippen molar-refractivity contribution in [1.29, 1.82) is 5.41 Å². The van der Waals surface area contributed by atoms with E-state index in [1.54, 1.807) is 30.5 Å². The molecule has 148 valence electrons. The number of fused-ring (bicyclic) bond motifs is 2. The molecular weight excluding hydrogens is 392 g/mol. The van der Waals surface area contributed by atoms with Crippen molar-refractivity contribution in [3.05, 3.63) is 60.4 Å². The van der Waals surface area contributed by atoms with Crippen LogP contribution in [-0.2, 0) is 10.1 Å². The number of hydrogen-bond acceptors (Lipinski definition) is 6. The maximum Gasteiger partial charge on any atom is 0.306 e. The van der Waals surface area contributed by atoms with Crippen molar-refractivity contribution >= 4 is 37.5 Å². The maximum atomic E-state index is 12.0. The Bertz CT molecular complexity index is 1370. The molecule has 4 rings (SSSR count). The lowest BCUT2D eigenvalue weighted by Crippen LogP contribution is -2.16. The van der Waals surface area contributed by atoms with Gasteiger partial charge in [0.1, 0.15) is 17.3 Å². The van der Waals surface area contributed by atoms with Crippen LogP contribution in [0.4, 0.5) is 0 Å². The minimum absolute atomic E-state index is 0.0353. The van der Waals surface area contributed by atoms with E-state index in [4.69, 9.17) is 24.5 Å². The monoisotopic (exact) mass is 410 g/mol. The van der Waals surface area contributed by atoms with Crippen molar-refractivity contribution in [3.63, 3.8) is 0 Å². The average Bonchev–Trinajstić information content (AvgIpc) is 3.09. The van der Waals surface area contributed by atoms with Gasteiger partial charge in [-0.3, -0.25) is 5.41 Å². The number of amidine groups is 1. The normalized spacial score (nSPS) is 11.7. The van der Waals surface area contributed by atoms with Crippen molar-refractivity contribution < 1.29 is 21.8 Å². The van der Waals surface area contributed by atoms with Gasteiger partial charge in [0.25, 0.3) is 0 Å². The van der Waals surface area contributed by atoms with Gasteiger partial charge in [-0.15, -0.1) is 0 Å². The first kappa shape index (κ1) is 18.8. The molecule has 1 aromatic heterocycles. The highest BCUT2D eigenvalue weighted by Gasteiger charge is 2.24. The highest BCUT2D eigenvalue weighted by molar-refractivity contribution is 7.86. The van der Waals surface area contributed by atoms with Crippen LogP contribution in [0, 0.1) is 5.41 Å². The first-order valence-corrected chi connectivity index (χ1v) is 10.5. The first-order valence-electron chi connectivity index (χ1n) is 8.64. The Hall–Kier alpha value is -3.52. The summed E-state index contributed by atoms with van der Waals surface area (Å²) in [5.74, 6) is 0.620. The van der Waals surface area contributed by atoms with Crippen LogP contribution < -0.4 is 14.7 Å². The van der Waals surface area contributed by atoms with E-state index < -0.39 is 10.1 Å². The Labute approximate surface area is 167 Å². The van der Waals surface area contributed by atoms with Gasteiger partial charge in [-0.25, -0.2) is 0 Å². The van der Waals surface area contributed by atoms with Gasteiger partial charge in [0.15, 0.2) is 5.75 Å². The molecule has 7 nitrogen and oxygen atoms in total. The zero-order valence-electron chi connectivity index (χ0n) is 15.7. The molecule has 8 heteroatoms. The lowest BCUT2D eigenvalue weighted by Gasteiger charge is -2.16. The summed E-state index contributed by atoms with van der Waals surface area (Å²) in [6, 6.07) is 14.4. The molecule has 0 spiro atoms. The van der Waals surface area contributed by atoms with Crippen molar-refractivity contribution in [2.24, 2.45) is 5.73 Å². The van der Waals surface area contributed by atoms with Crippen molar-refractivity contribution in [2.75, 3.05) is 13.4 Å². The third kappa shape index (κ3) is 3.27. The molecule has 0 amide bonds. The van der Waals surface area contributed by atoms with E-state index in [0.29, 0.717) is 27.8 Å². The molecule has 4 aromatic rings. The second-order valence-corrected chi connectivity index (χ2v) is 8.11. The van der Waals surface area contributed by atoms with Gasteiger partial charge < -0.3 is 19.1 Å². The highest BCUT2D eigenvalue weighted by Crippen LogP contribution is 2.46. The van der Waals surface area contributed by atoms with Crippen LogP contribution in [0.3, 0.4) is 0 Å². The molecule has 29 heavy (non-hydrogen) atoms. The number of nitrogens with two attached hydrogens (primary N) is 1. The fourth-order valence-electron chi connectivity index (χ4n) is 3.40. The molecule has 1 heterocycles. The molecule has 3 N–H and O–H groups in total. The van der Waals surface area contributed by atoms with E-state index in [1.165, 1.54) is 7.11 Å². The Balaban J connectivity index is 2.20. The van der Waals surface area contributed by atoms with Gasteiger partial charge in [-0.05, 0) is 17.5 Å². The number of furan rings is 1. The summed E-state index contributed by atoms with van der Waals surface area (Å²) in [6.45, 7) is 0. The topological polar surface area (TPSA) is 116 Å². The molecular formula is C21H18N2O5S. The maximum absolute atomic E-state index is 12.0. The van der Waals surface area contributed by atoms with Crippen molar-refractivity contribution in [3.8, 4) is 22.8 Å². The van der Waals surface area contributed by atoms with Crippen molar-refractivity contribution in [2.45, 2.75) is 0 Å². The Kier molecular flexibility index (Phi) is 4.43. The number of nitrogens with one attached hydrogen (secondary N) is 1. The largest absolute Gasteiger partial charge is 0.496 e. The van der Waals surface area contributed by atoms with Crippen LogP contribution in [0.1, 0.15) is 5.56 Å². The molecule has 3 aromatic carbocycles.